The van der Waals surface area contributed by atoms with Gasteiger partial charge in [0, 0.05) is 0 Å². The molecule has 0 saturated carbocycles. The zero-order valence-corrected chi connectivity index (χ0v) is 11.7. The summed E-state index contributed by atoms with van der Waals surface area (Å²) in [6.45, 7) is 0. The van der Waals surface area contributed by atoms with Gasteiger partial charge in [-0.1, -0.05) is 24.6 Å². The second kappa shape index (κ2) is 6.88. The van der Waals surface area contributed by atoms with Crippen molar-refractivity contribution < 1.29 is 22.9 Å². The fraction of sp³-hybridized carbons (Fsp3) is 0.417. The molecule has 0 aliphatic heterocycles. The molecule has 0 amide bonds. The van der Waals surface area contributed by atoms with Gasteiger partial charge in [-0.15, -0.1) is 11.6 Å². The van der Waals surface area contributed by atoms with Crippen LogP contribution in [0.1, 0.15) is 40.6 Å². The highest BCUT2D eigenvalue weighted by molar-refractivity contribution is 7.85. The number of carboxylic acids is 1. The molecule has 0 spiro atoms. The summed E-state index contributed by atoms with van der Waals surface area (Å²) >= 11 is 6.13. The van der Waals surface area contributed by atoms with Crippen molar-refractivity contribution >= 4 is 27.7 Å². The summed E-state index contributed by atoms with van der Waals surface area (Å²) < 4.78 is 29.6. The quantitative estimate of drug-likeness (QED) is 0.459. The highest BCUT2D eigenvalue weighted by atomic mass is 35.5. The van der Waals surface area contributed by atoms with E-state index in [1.165, 1.54) is 6.07 Å². The van der Waals surface area contributed by atoms with Crippen LogP contribution in [-0.2, 0) is 10.1 Å². The number of rotatable bonds is 7. The summed E-state index contributed by atoms with van der Waals surface area (Å²) in [5, 5.41) is 8.53. The first-order valence-corrected chi connectivity index (χ1v) is 7.77. The zero-order chi connectivity index (χ0) is 14.5. The molecule has 0 fully saturated rings. The summed E-state index contributed by atoms with van der Waals surface area (Å²) in [6, 6.07) is 6.44. The van der Waals surface area contributed by atoms with Crippen LogP contribution in [0.2, 0.25) is 0 Å². The molecule has 0 radical (unpaired) electrons. The lowest BCUT2D eigenvalue weighted by molar-refractivity contribution is 0.0695. The molecule has 5 nitrogen and oxygen atoms in total. The van der Waals surface area contributed by atoms with E-state index in [9.17, 15) is 13.2 Å². The molecule has 1 atom stereocenters. The Morgan fingerprint density at radius 1 is 1.26 bits per heavy atom. The molecule has 1 unspecified atom stereocenters. The maximum atomic E-state index is 11.0. The van der Waals surface area contributed by atoms with E-state index in [2.05, 4.69) is 0 Å². The number of carbonyl (C=O) groups is 1. The SMILES string of the molecule is O=C(O)c1ccccc1C(Cl)CCCCS(=O)(=O)O. The van der Waals surface area contributed by atoms with Crippen molar-refractivity contribution in [1.82, 2.24) is 0 Å². The second-order valence-corrected chi connectivity index (χ2v) is 6.24. The summed E-state index contributed by atoms with van der Waals surface area (Å²) in [5.74, 6) is -1.35. The Bertz CT molecular complexity index is 541. The minimum Gasteiger partial charge on any atom is -0.478 e. The van der Waals surface area contributed by atoms with Gasteiger partial charge in [0.15, 0.2) is 0 Å². The van der Waals surface area contributed by atoms with Gasteiger partial charge in [0.25, 0.3) is 10.1 Å². The molecular formula is C12H15ClO5S. The van der Waals surface area contributed by atoms with Crippen LogP contribution in [0.25, 0.3) is 0 Å². The highest BCUT2D eigenvalue weighted by Crippen LogP contribution is 2.29. The normalized spacial score (nSPS) is 13.2. The van der Waals surface area contributed by atoms with Gasteiger partial charge in [-0.3, -0.25) is 4.55 Å². The van der Waals surface area contributed by atoms with Gasteiger partial charge in [-0.05, 0) is 24.5 Å². The lowest BCUT2D eigenvalue weighted by atomic mass is 10.0. The summed E-state index contributed by atoms with van der Waals surface area (Å²) in [4.78, 5) is 11.0. The number of hydrogen-bond donors (Lipinski definition) is 2. The van der Waals surface area contributed by atoms with E-state index in [1.54, 1.807) is 18.2 Å². The fourth-order valence-electron chi connectivity index (χ4n) is 1.73. The van der Waals surface area contributed by atoms with E-state index < -0.39 is 21.5 Å². The summed E-state index contributed by atoms with van der Waals surface area (Å²) in [5.41, 5.74) is 0.667. The molecule has 0 bridgehead atoms. The maximum Gasteiger partial charge on any atom is 0.336 e. The molecule has 2 N–H and O–H groups in total. The third-order valence-corrected chi connectivity index (χ3v) is 3.90. The Kier molecular flexibility index (Phi) is 5.78. The number of aromatic carboxylic acids is 1. The number of carboxylic acid groups (broad SMARTS) is 1. The van der Waals surface area contributed by atoms with Crippen LogP contribution < -0.4 is 0 Å². The predicted octanol–water partition coefficient (Wildman–Crippen LogP) is 2.72. The van der Waals surface area contributed by atoms with Crippen molar-refractivity contribution in [3.8, 4) is 0 Å². The van der Waals surface area contributed by atoms with Crippen molar-refractivity contribution in [2.45, 2.75) is 24.6 Å². The minimum atomic E-state index is -3.95. The molecule has 0 aromatic heterocycles. The smallest absolute Gasteiger partial charge is 0.336 e. The molecule has 1 rings (SSSR count). The van der Waals surface area contributed by atoms with Crippen LogP contribution >= 0.6 is 11.6 Å². The highest BCUT2D eigenvalue weighted by Gasteiger charge is 2.16. The molecular weight excluding hydrogens is 292 g/mol. The van der Waals surface area contributed by atoms with Gasteiger partial charge in [0.1, 0.15) is 0 Å². The average Bonchev–Trinajstić information content (AvgIpc) is 2.33. The van der Waals surface area contributed by atoms with E-state index in [0.29, 0.717) is 18.4 Å². The van der Waals surface area contributed by atoms with Crippen molar-refractivity contribution in [1.29, 1.82) is 0 Å². The third kappa shape index (κ3) is 5.59. The first kappa shape index (κ1) is 15.9. The van der Waals surface area contributed by atoms with E-state index in [0.717, 1.165) is 0 Å². The van der Waals surface area contributed by atoms with Crippen molar-refractivity contribution in [2.24, 2.45) is 0 Å². The molecule has 7 heteroatoms. The molecule has 0 aliphatic rings. The Labute approximate surface area is 117 Å². The summed E-state index contributed by atoms with van der Waals surface area (Å²) in [7, 11) is -3.95. The number of halogens is 1. The van der Waals surface area contributed by atoms with E-state index in [4.69, 9.17) is 21.3 Å². The zero-order valence-electron chi connectivity index (χ0n) is 10.1. The molecule has 1 aromatic carbocycles. The van der Waals surface area contributed by atoms with Crippen molar-refractivity contribution in [2.75, 3.05) is 5.75 Å². The minimum absolute atomic E-state index is 0.150. The molecule has 106 valence electrons. The van der Waals surface area contributed by atoms with Gasteiger partial charge in [-0.2, -0.15) is 8.42 Å². The Balaban J connectivity index is 2.59. The predicted molar refractivity (Wildman–Crippen MR) is 72.3 cm³/mol. The lowest BCUT2D eigenvalue weighted by Crippen LogP contribution is -2.06. The topological polar surface area (TPSA) is 91.7 Å². The van der Waals surface area contributed by atoms with Gasteiger partial charge in [0.05, 0.1) is 16.7 Å². The molecule has 0 saturated heterocycles. The molecule has 19 heavy (non-hydrogen) atoms. The average molecular weight is 307 g/mol. The van der Waals surface area contributed by atoms with Gasteiger partial charge in [-0.25, -0.2) is 4.79 Å². The Morgan fingerprint density at radius 2 is 1.89 bits per heavy atom. The van der Waals surface area contributed by atoms with Crippen LogP contribution in [-0.4, -0.2) is 29.8 Å². The van der Waals surface area contributed by atoms with E-state index in [-0.39, 0.29) is 17.7 Å². The van der Waals surface area contributed by atoms with E-state index >= 15 is 0 Å². The Morgan fingerprint density at radius 3 is 2.47 bits per heavy atom. The summed E-state index contributed by atoms with van der Waals surface area (Å²) in [6.07, 6.45) is 1.22. The van der Waals surface area contributed by atoms with Crippen LogP contribution in [0.5, 0.6) is 0 Å². The van der Waals surface area contributed by atoms with Gasteiger partial charge in [0.2, 0.25) is 0 Å². The fourth-order valence-corrected chi connectivity index (χ4v) is 2.64. The number of benzene rings is 1. The van der Waals surface area contributed by atoms with Crippen LogP contribution in [0.3, 0.4) is 0 Å². The monoisotopic (exact) mass is 306 g/mol. The van der Waals surface area contributed by atoms with Gasteiger partial charge >= 0.3 is 5.97 Å². The number of hydrogen-bond acceptors (Lipinski definition) is 3. The van der Waals surface area contributed by atoms with Crippen LogP contribution in [0, 0.1) is 0 Å². The van der Waals surface area contributed by atoms with Crippen LogP contribution in [0.15, 0.2) is 24.3 Å². The number of alkyl halides is 1. The lowest BCUT2D eigenvalue weighted by Gasteiger charge is -2.12. The van der Waals surface area contributed by atoms with Crippen LogP contribution in [0.4, 0.5) is 0 Å². The first-order valence-electron chi connectivity index (χ1n) is 5.72. The third-order valence-electron chi connectivity index (χ3n) is 2.64. The standard InChI is InChI=1S/C12H15ClO5S/c13-11(7-3-4-8-19(16,17)18)9-5-1-2-6-10(9)12(14)15/h1-2,5-6,11H,3-4,7-8H2,(H,14,15)(H,16,17,18). The molecule has 0 aliphatic carbocycles. The largest absolute Gasteiger partial charge is 0.478 e. The molecule has 0 heterocycles. The number of unbranched alkanes of at least 4 members (excludes halogenated alkanes) is 1. The maximum absolute atomic E-state index is 11.0. The van der Waals surface area contributed by atoms with Gasteiger partial charge < -0.3 is 5.11 Å². The molecule has 1 aromatic rings. The Hall–Kier alpha value is -1.11. The van der Waals surface area contributed by atoms with E-state index in [1.807, 2.05) is 0 Å². The second-order valence-electron chi connectivity index (χ2n) is 4.14. The van der Waals surface area contributed by atoms with Crippen molar-refractivity contribution in [3.63, 3.8) is 0 Å². The van der Waals surface area contributed by atoms with Crippen molar-refractivity contribution in [3.05, 3.63) is 35.4 Å². The first-order chi connectivity index (χ1) is 8.81.